The smallest absolute Gasteiger partial charge is 0.136 e. The molecule has 1 rings (SSSR count). The van der Waals surface area contributed by atoms with Crippen molar-refractivity contribution in [2.24, 2.45) is 0 Å². The molecule has 1 aromatic rings. The second kappa shape index (κ2) is 2.82. The van der Waals surface area contributed by atoms with Crippen molar-refractivity contribution in [3.05, 3.63) is 23.9 Å². The van der Waals surface area contributed by atoms with E-state index in [9.17, 15) is 0 Å². The molecule has 1 N–H and O–H groups in total. The Hall–Kier alpha value is -0.570. The lowest BCUT2D eigenvalue weighted by Gasteiger charge is -1.95. The fraction of sp³-hybridized carbons (Fsp3) is 0.167. The molecule has 0 spiro atoms. The Bertz CT molecular complexity index is 200. The third-order valence-electron chi connectivity index (χ3n) is 0.985. The average molecular weight is 187 g/mol. The highest BCUT2D eigenvalue weighted by Crippen LogP contribution is 2.04. The van der Waals surface area contributed by atoms with Crippen LogP contribution in [0.2, 0.25) is 0 Å². The molecule has 0 atom stereocenters. The highest BCUT2D eigenvalue weighted by atomic mass is 79.9. The van der Waals surface area contributed by atoms with Crippen molar-refractivity contribution in [1.29, 1.82) is 0 Å². The molecule has 0 bridgehead atoms. The normalized spacial score (nSPS) is 9.11. The summed E-state index contributed by atoms with van der Waals surface area (Å²) in [5, 5.41) is 0. The van der Waals surface area contributed by atoms with Crippen LogP contribution in [0.15, 0.2) is 18.2 Å². The molecule has 0 radical (unpaired) electrons. The Morgan fingerprint density at radius 1 is 1.56 bits per heavy atom. The first-order chi connectivity index (χ1) is 4.33. The van der Waals surface area contributed by atoms with E-state index in [1.54, 1.807) is 0 Å². The molecule has 9 heavy (non-hydrogen) atoms. The second-order valence-electron chi connectivity index (χ2n) is 1.76. The van der Waals surface area contributed by atoms with Gasteiger partial charge in [0.15, 0.2) is 0 Å². The van der Waals surface area contributed by atoms with E-state index in [0.717, 1.165) is 11.5 Å². The zero-order valence-electron chi connectivity index (χ0n) is 5.06. The van der Waals surface area contributed by atoms with E-state index in [4.69, 9.17) is 0 Å². The molecule has 0 aromatic carbocycles. The van der Waals surface area contributed by atoms with Gasteiger partial charge in [-0.15, -0.1) is 0 Å². The molecule has 2 nitrogen and oxygen atoms in total. The van der Waals surface area contributed by atoms with Crippen LogP contribution in [0.3, 0.4) is 0 Å². The molecule has 0 fully saturated rings. The predicted octanol–water partition coefficient (Wildman–Crippen LogP) is 2.11. The number of nitrogens with zero attached hydrogens (tertiary/aromatic N) is 1. The Labute approximate surface area is 62.6 Å². The first-order valence-corrected chi connectivity index (χ1v) is 3.42. The molecule has 1 aromatic heterocycles. The van der Waals surface area contributed by atoms with Gasteiger partial charge in [0.1, 0.15) is 5.82 Å². The number of rotatable bonds is 1. The lowest BCUT2D eigenvalue weighted by atomic mass is 10.4. The maximum Gasteiger partial charge on any atom is 0.136 e. The SMILES string of the molecule is Cc1cccc(NBr)n1. The largest absolute Gasteiger partial charge is 0.307 e. The zero-order valence-corrected chi connectivity index (χ0v) is 6.64. The van der Waals surface area contributed by atoms with Crippen molar-refractivity contribution in [2.75, 3.05) is 4.34 Å². The summed E-state index contributed by atoms with van der Waals surface area (Å²) in [5.41, 5.74) is 1.01. The topological polar surface area (TPSA) is 24.9 Å². The Morgan fingerprint density at radius 2 is 2.33 bits per heavy atom. The number of hydrogen-bond acceptors (Lipinski definition) is 2. The average Bonchev–Trinajstić information content (AvgIpc) is 1.88. The monoisotopic (exact) mass is 186 g/mol. The molecular weight excluding hydrogens is 180 g/mol. The molecule has 1 heterocycles. The summed E-state index contributed by atoms with van der Waals surface area (Å²) < 4.78 is 2.77. The van der Waals surface area contributed by atoms with E-state index in [1.165, 1.54) is 0 Å². The minimum absolute atomic E-state index is 0.843. The third kappa shape index (κ3) is 1.68. The van der Waals surface area contributed by atoms with Crippen molar-refractivity contribution in [3.63, 3.8) is 0 Å². The summed E-state index contributed by atoms with van der Waals surface area (Å²) in [6.07, 6.45) is 0. The van der Waals surface area contributed by atoms with Gasteiger partial charge < -0.3 is 4.34 Å². The van der Waals surface area contributed by atoms with E-state index in [-0.39, 0.29) is 0 Å². The Balaban J connectivity index is 2.94. The first-order valence-electron chi connectivity index (χ1n) is 2.63. The van der Waals surface area contributed by atoms with Gasteiger partial charge in [0, 0.05) is 21.8 Å². The third-order valence-corrected chi connectivity index (χ3v) is 1.39. The van der Waals surface area contributed by atoms with Crippen molar-refractivity contribution in [1.82, 2.24) is 4.98 Å². The summed E-state index contributed by atoms with van der Waals surface area (Å²) in [6, 6.07) is 5.79. The minimum atomic E-state index is 0.843. The first kappa shape index (κ1) is 6.55. The maximum atomic E-state index is 4.13. The number of nitrogens with one attached hydrogen (secondary N) is 1. The lowest BCUT2D eigenvalue weighted by molar-refractivity contribution is 1.21. The van der Waals surface area contributed by atoms with Crippen LogP contribution in [-0.2, 0) is 0 Å². The summed E-state index contributed by atoms with van der Waals surface area (Å²) in [5.74, 6) is 0.843. The number of aryl methyl sites for hydroxylation is 1. The highest BCUT2D eigenvalue weighted by Gasteiger charge is 1.87. The summed E-state index contributed by atoms with van der Waals surface area (Å²) in [6.45, 7) is 1.95. The molecule has 3 heteroatoms. The standard InChI is InChI=1S/C6H7BrN2/c1-5-3-2-4-6(8-5)9-7/h2-4H,1H3,(H,8,9). The Kier molecular flexibility index (Phi) is 2.05. The van der Waals surface area contributed by atoms with Gasteiger partial charge >= 0.3 is 0 Å². The number of pyridine rings is 1. The second-order valence-corrected chi connectivity index (χ2v) is 2.16. The van der Waals surface area contributed by atoms with E-state index in [1.807, 2.05) is 25.1 Å². The van der Waals surface area contributed by atoms with Crippen molar-refractivity contribution in [3.8, 4) is 0 Å². The molecular formula is C6H7BrN2. The minimum Gasteiger partial charge on any atom is -0.307 e. The lowest BCUT2D eigenvalue weighted by Crippen LogP contribution is -1.85. The number of hydrogen-bond donors (Lipinski definition) is 1. The van der Waals surface area contributed by atoms with Gasteiger partial charge in [0.25, 0.3) is 0 Å². The van der Waals surface area contributed by atoms with Crippen LogP contribution in [0.4, 0.5) is 5.82 Å². The van der Waals surface area contributed by atoms with Gasteiger partial charge in [-0.3, -0.25) is 0 Å². The van der Waals surface area contributed by atoms with Crippen LogP contribution in [0.1, 0.15) is 5.69 Å². The highest BCUT2D eigenvalue weighted by molar-refractivity contribution is 9.10. The van der Waals surface area contributed by atoms with E-state index in [2.05, 4.69) is 25.5 Å². The number of halogens is 1. The van der Waals surface area contributed by atoms with Gasteiger partial charge in [-0.2, -0.15) is 0 Å². The molecule has 0 unspecified atom stereocenters. The van der Waals surface area contributed by atoms with Crippen LogP contribution in [0.25, 0.3) is 0 Å². The molecule has 0 aliphatic rings. The van der Waals surface area contributed by atoms with Crippen LogP contribution >= 0.6 is 16.1 Å². The van der Waals surface area contributed by atoms with Crippen molar-refractivity contribution >= 4 is 22.0 Å². The van der Waals surface area contributed by atoms with Crippen LogP contribution in [0.5, 0.6) is 0 Å². The molecule has 0 saturated heterocycles. The van der Waals surface area contributed by atoms with Gasteiger partial charge in [0.2, 0.25) is 0 Å². The summed E-state index contributed by atoms with van der Waals surface area (Å²) >= 11 is 3.08. The van der Waals surface area contributed by atoms with Gasteiger partial charge in [-0.25, -0.2) is 4.98 Å². The Morgan fingerprint density at radius 3 is 2.78 bits per heavy atom. The van der Waals surface area contributed by atoms with Crippen molar-refractivity contribution < 1.29 is 0 Å². The van der Waals surface area contributed by atoms with E-state index < -0.39 is 0 Å². The molecule has 0 saturated carbocycles. The van der Waals surface area contributed by atoms with Crippen molar-refractivity contribution in [2.45, 2.75) is 6.92 Å². The predicted molar refractivity (Wildman–Crippen MR) is 41.5 cm³/mol. The summed E-state index contributed by atoms with van der Waals surface area (Å²) in [7, 11) is 0. The van der Waals surface area contributed by atoms with Gasteiger partial charge in [-0.05, 0) is 19.1 Å². The van der Waals surface area contributed by atoms with Crippen LogP contribution in [0, 0.1) is 6.92 Å². The molecule has 0 aliphatic heterocycles. The van der Waals surface area contributed by atoms with Crippen LogP contribution < -0.4 is 4.34 Å². The van der Waals surface area contributed by atoms with E-state index >= 15 is 0 Å². The van der Waals surface area contributed by atoms with Gasteiger partial charge in [0.05, 0.1) is 0 Å². The fourth-order valence-corrected chi connectivity index (χ4v) is 0.816. The number of anilines is 1. The van der Waals surface area contributed by atoms with E-state index in [0.29, 0.717) is 0 Å². The molecule has 48 valence electrons. The fourth-order valence-electron chi connectivity index (χ4n) is 0.596. The maximum absolute atomic E-state index is 4.13. The summed E-state index contributed by atoms with van der Waals surface area (Å²) in [4.78, 5) is 4.13. The van der Waals surface area contributed by atoms with Gasteiger partial charge in [-0.1, -0.05) is 6.07 Å². The molecule has 0 amide bonds. The quantitative estimate of drug-likeness (QED) is 0.681. The molecule has 0 aliphatic carbocycles. The zero-order chi connectivity index (χ0) is 6.69. The number of aromatic nitrogens is 1. The van der Waals surface area contributed by atoms with Crippen LogP contribution in [-0.4, -0.2) is 4.98 Å².